The van der Waals surface area contributed by atoms with Gasteiger partial charge in [-0.1, -0.05) is 11.6 Å². The number of carbonyl (C=O) groups is 1. The summed E-state index contributed by atoms with van der Waals surface area (Å²) in [7, 11) is 0. The number of nitro groups is 1. The molecule has 3 aromatic rings. The average Bonchev–Trinajstić information content (AvgIpc) is 3.22. The minimum atomic E-state index is -0.456. The summed E-state index contributed by atoms with van der Waals surface area (Å²) in [5.41, 5.74) is 0.738. The molecule has 0 saturated heterocycles. The molecular formula is C17H10ClNO4S. The fourth-order valence-electron chi connectivity index (χ4n) is 2.03. The van der Waals surface area contributed by atoms with Crippen molar-refractivity contribution in [3.05, 3.63) is 79.7 Å². The van der Waals surface area contributed by atoms with E-state index in [0.717, 1.165) is 5.56 Å². The van der Waals surface area contributed by atoms with Gasteiger partial charge in [0.2, 0.25) is 0 Å². The normalized spacial score (nSPS) is 11.0. The first-order chi connectivity index (χ1) is 11.5. The summed E-state index contributed by atoms with van der Waals surface area (Å²) in [6, 6.07) is 12.9. The van der Waals surface area contributed by atoms with Gasteiger partial charge in [-0.05, 0) is 48.6 Å². The van der Waals surface area contributed by atoms with Crippen molar-refractivity contribution in [2.45, 2.75) is 0 Å². The second kappa shape index (κ2) is 6.82. The number of halogens is 1. The SMILES string of the molecule is O=C(/C=C/c1ccc(-c2ccc([N+](=O)[O-])cc2)o1)c1ccc(Cl)s1. The maximum absolute atomic E-state index is 12.0. The van der Waals surface area contributed by atoms with Gasteiger partial charge in [-0.25, -0.2) is 0 Å². The molecule has 0 saturated carbocycles. The van der Waals surface area contributed by atoms with Crippen LogP contribution in [0.2, 0.25) is 4.34 Å². The number of nitrogens with zero attached hydrogens (tertiary/aromatic N) is 1. The van der Waals surface area contributed by atoms with Gasteiger partial charge in [0.25, 0.3) is 5.69 Å². The van der Waals surface area contributed by atoms with Crippen LogP contribution in [0.3, 0.4) is 0 Å². The second-order valence-electron chi connectivity index (χ2n) is 4.81. The molecule has 0 atom stereocenters. The van der Waals surface area contributed by atoms with Crippen LogP contribution in [0.4, 0.5) is 5.69 Å². The monoisotopic (exact) mass is 359 g/mol. The third-order valence-corrected chi connectivity index (χ3v) is 4.45. The molecule has 0 bridgehead atoms. The molecule has 0 radical (unpaired) electrons. The molecule has 1 aromatic carbocycles. The molecule has 0 N–H and O–H groups in total. The van der Waals surface area contributed by atoms with Crippen molar-refractivity contribution in [1.82, 2.24) is 0 Å². The summed E-state index contributed by atoms with van der Waals surface area (Å²) in [6.45, 7) is 0. The topological polar surface area (TPSA) is 73.3 Å². The first kappa shape index (κ1) is 16.2. The van der Waals surface area contributed by atoms with Crippen molar-refractivity contribution in [3.63, 3.8) is 0 Å². The van der Waals surface area contributed by atoms with E-state index in [1.165, 1.54) is 29.5 Å². The number of hydrogen-bond acceptors (Lipinski definition) is 5. The molecule has 0 spiro atoms. The van der Waals surface area contributed by atoms with E-state index in [-0.39, 0.29) is 11.5 Å². The van der Waals surface area contributed by atoms with E-state index in [2.05, 4.69) is 0 Å². The van der Waals surface area contributed by atoms with Crippen molar-refractivity contribution in [1.29, 1.82) is 0 Å². The summed E-state index contributed by atoms with van der Waals surface area (Å²) in [5.74, 6) is 0.927. The summed E-state index contributed by atoms with van der Waals surface area (Å²) >= 11 is 7.02. The van der Waals surface area contributed by atoms with Crippen molar-refractivity contribution in [3.8, 4) is 11.3 Å². The van der Waals surface area contributed by atoms with Gasteiger partial charge in [-0.2, -0.15) is 0 Å². The molecule has 3 rings (SSSR count). The maximum Gasteiger partial charge on any atom is 0.269 e. The quantitative estimate of drug-likeness (QED) is 0.262. The van der Waals surface area contributed by atoms with Crippen LogP contribution in [0.1, 0.15) is 15.4 Å². The zero-order chi connectivity index (χ0) is 17.1. The van der Waals surface area contributed by atoms with Crippen LogP contribution in [0.15, 0.2) is 59.0 Å². The van der Waals surface area contributed by atoms with Gasteiger partial charge in [0.05, 0.1) is 14.1 Å². The molecule has 0 aliphatic heterocycles. The average molecular weight is 360 g/mol. The molecule has 0 aliphatic rings. The number of nitro benzene ring substituents is 1. The number of benzene rings is 1. The first-order valence-corrected chi connectivity index (χ1v) is 8.05. The molecule has 0 aliphatic carbocycles. The van der Waals surface area contributed by atoms with E-state index in [0.29, 0.717) is 20.7 Å². The lowest BCUT2D eigenvalue weighted by Crippen LogP contribution is -1.88. The standard InChI is InChI=1S/C17H10ClNO4S/c18-17-10-9-16(24-17)14(20)7-5-13-6-8-15(23-13)11-1-3-12(4-2-11)19(21)22/h1-10H/b7-5+. The van der Waals surface area contributed by atoms with E-state index >= 15 is 0 Å². The lowest BCUT2D eigenvalue weighted by molar-refractivity contribution is -0.384. The Morgan fingerprint density at radius 3 is 2.50 bits per heavy atom. The fraction of sp³-hybridized carbons (Fsp3) is 0. The van der Waals surface area contributed by atoms with Crippen molar-refractivity contribution >= 4 is 40.5 Å². The van der Waals surface area contributed by atoms with Crippen LogP contribution in [0.25, 0.3) is 17.4 Å². The summed E-state index contributed by atoms with van der Waals surface area (Å²) < 4.78 is 6.19. The van der Waals surface area contributed by atoms with Gasteiger partial charge >= 0.3 is 0 Å². The van der Waals surface area contributed by atoms with Crippen molar-refractivity contribution in [2.24, 2.45) is 0 Å². The Kier molecular flexibility index (Phi) is 4.59. The van der Waals surface area contributed by atoms with Gasteiger partial charge in [-0.3, -0.25) is 14.9 Å². The summed E-state index contributed by atoms with van der Waals surface area (Å²) in [4.78, 5) is 22.7. The number of rotatable bonds is 5. The number of furan rings is 1. The first-order valence-electron chi connectivity index (χ1n) is 6.85. The third-order valence-electron chi connectivity index (χ3n) is 3.20. The van der Waals surface area contributed by atoms with Crippen LogP contribution in [0.5, 0.6) is 0 Å². The number of non-ortho nitro benzene ring substituents is 1. The van der Waals surface area contributed by atoms with Crippen LogP contribution in [-0.2, 0) is 0 Å². The highest BCUT2D eigenvalue weighted by molar-refractivity contribution is 7.18. The van der Waals surface area contributed by atoms with Crippen LogP contribution >= 0.6 is 22.9 Å². The van der Waals surface area contributed by atoms with E-state index in [1.807, 2.05) is 0 Å². The molecular weight excluding hydrogens is 350 g/mol. The number of ketones is 1. The smallest absolute Gasteiger partial charge is 0.269 e. The maximum atomic E-state index is 12.0. The predicted molar refractivity (Wildman–Crippen MR) is 93.5 cm³/mol. The minimum Gasteiger partial charge on any atom is -0.457 e. The number of hydrogen-bond donors (Lipinski definition) is 0. The second-order valence-corrected chi connectivity index (χ2v) is 6.52. The Morgan fingerprint density at radius 2 is 1.88 bits per heavy atom. The highest BCUT2D eigenvalue weighted by atomic mass is 35.5. The van der Waals surface area contributed by atoms with Crippen LogP contribution in [-0.4, -0.2) is 10.7 Å². The van der Waals surface area contributed by atoms with Gasteiger partial charge in [0, 0.05) is 17.7 Å². The lowest BCUT2D eigenvalue weighted by atomic mass is 10.1. The predicted octanol–water partition coefficient (Wildman–Crippen LogP) is 5.47. The lowest BCUT2D eigenvalue weighted by Gasteiger charge is -1.96. The van der Waals surface area contributed by atoms with Gasteiger partial charge in [0.15, 0.2) is 5.78 Å². The highest BCUT2D eigenvalue weighted by Crippen LogP contribution is 2.26. The molecule has 0 fully saturated rings. The van der Waals surface area contributed by atoms with Gasteiger partial charge < -0.3 is 4.42 Å². The molecule has 0 unspecified atom stereocenters. The molecule has 120 valence electrons. The van der Waals surface area contributed by atoms with Crippen molar-refractivity contribution in [2.75, 3.05) is 0 Å². The Morgan fingerprint density at radius 1 is 1.12 bits per heavy atom. The molecule has 5 nitrogen and oxygen atoms in total. The zero-order valence-corrected chi connectivity index (χ0v) is 13.7. The molecule has 7 heteroatoms. The molecule has 2 aromatic heterocycles. The van der Waals surface area contributed by atoms with E-state index in [1.54, 1.807) is 42.5 Å². The number of carbonyl (C=O) groups excluding carboxylic acids is 1. The third kappa shape index (κ3) is 3.61. The van der Waals surface area contributed by atoms with Crippen molar-refractivity contribution < 1.29 is 14.1 Å². The summed E-state index contributed by atoms with van der Waals surface area (Å²) in [6.07, 6.45) is 2.99. The van der Waals surface area contributed by atoms with Gasteiger partial charge in [-0.15, -0.1) is 11.3 Å². The Bertz CT molecular complexity index is 924. The number of allylic oxidation sites excluding steroid dienone is 1. The molecule has 24 heavy (non-hydrogen) atoms. The largest absolute Gasteiger partial charge is 0.457 e. The van der Waals surface area contributed by atoms with Crippen LogP contribution in [0, 0.1) is 10.1 Å². The fourth-order valence-corrected chi connectivity index (χ4v) is 2.99. The van der Waals surface area contributed by atoms with E-state index in [9.17, 15) is 14.9 Å². The number of thiophene rings is 1. The zero-order valence-electron chi connectivity index (χ0n) is 12.1. The summed E-state index contributed by atoms with van der Waals surface area (Å²) in [5, 5.41) is 10.7. The Labute approximate surface area is 146 Å². The van der Waals surface area contributed by atoms with E-state index < -0.39 is 4.92 Å². The van der Waals surface area contributed by atoms with Crippen LogP contribution < -0.4 is 0 Å². The highest BCUT2D eigenvalue weighted by Gasteiger charge is 2.09. The molecule has 2 heterocycles. The van der Waals surface area contributed by atoms with E-state index in [4.69, 9.17) is 16.0 Å². The minimum absolute atomic E-state index is 0.0191. The van der Waals surface area contributed by atoms with Gasteiger partial charge in [0.1, 0.15) is 11.5 Å². The Hall–Kier alpha value is -2.70. The molecule has 0 amide bonds. The Balaban J connectivity index is 1.74.